The van der Waals surface area contributed by atoms with Crippen LogP contribution in [-0.4, -0.2) is 22.8 Å². The molecule has 0 aromatic carbocycles. The van der Waals surface area contributed by atoms with Gasteiger partial charge in [0, 0.05) is 12.8 Å². The summed E-state index contributed by atoms with van der Waals surface area (Å²) in [5.41, 5.74) is -0.836. The van der Waals surface area contributed by atoms with E-state index >= 15 is 0 Å². The minimum atomic E-state index is -0.836. The first kappa shape index (κ1) is 10.3. The van der Waals surface area contributed by atoms with E-state index in [1.54, 1.807) is 0 Å². The Morgan fingerprint density at radius 2 is 2.10 bits per heavy atom. The van der Waals surface area contributed by atoms with Gasteiger partial charge < -0.3 is 4.74 Å². The van der Waals surface area contributed by atoms with Crippen LogP contribution in [0.4, 0.5) is 0 Å². The van der Waals surface area contributed by atoms with Crippen molar-refractivity contribution in [2.45, 2.75) is 17.9 Å². The minimum Gasteiger partial charge on any atom is -0.445 e. The van der Waals surface area contributed by atoms with Gasteiger partial charge >= 0.3 is 5.97 Å². The minimum absolute atomic E-state index is 0.156. The summed E-state index contributed by atoms with van der Waals surface area (Å²) in [6, 6.07) is 0. The van der Waals surface area contributed by atoms with Gasteiger partial charge in [0.25, 0.3) is 0 Å². The zero-order valence-electron chi connectivity index (χ0n) is 5.31. The average molecular weight is 205 g/mol. The third-order valence-electron chi connectivity index (χ3n) is 0.710. The normalized spacial score (nSPS) is 16.0. The molecule has 2 nitrogen and oxygen atoms in total. The second-order valence-electron chi connectivity index (χ2n) is 1.63. The third kappa shape index (κ3) is 4.20. The molecule has 0 aliphatic heterocycles. The van der Waals surface area contributed by atoms with Crippen molar-refractivity contribution in [1.82, 2.24) is 0 Å². The molecule has 60 valence electrons. The number of carbonyl (C=O) groups excluding carboxylic acids is 1. The van der Waals surface area contributed by atoms with Crippen molar-refractivity contribution in [3.05, 3.63) is 0 Å². The number of hydrogen-bond donors (Lipinski definition) is 0. The average Bonchev–Trinajstić information content (AvgIpc) is 1.85. The van der Waals surface area contributed by atoms with Gasteiger partial charge in [-0.05, 0) is 0 Å². The van der Waals surface area contributed by atoms with Crippen molar-refractivity contribution in [2.75, 3.05) is 5.88 Å². The molecule has 0 bridgehead atoms. The molecule has 0 N–H and O–H groups in total. The number of esters is 1. The number of alkyl halides is 3. The van der Waals surface area contributed by atoms with Crippen molar-refractivity contribution in [3.63, 3.8) is 0 Å². The van der Waals surface area contributed by atoms with Gasteiger partial charge in [-0.25, -0.2) is 0 Å². The van der Waals surface area contributed by atoms with Gasteiger partial charge in [-0.1, -0.05) is 11.6 Å². The summed E-state index contributed by atoms with van der Waals surface area (Å²) in [6.07, 6.45) is 0. The Kier molecular flexibility index (Phi) is 5.22. The molecule has 0 rings (SSSR count). The maximum absolute atomic E-state index is 10.3. The fourth-order valence-electron chi connectivity index (χ4n) is 0.302. The van der Waals surface area contributed by atoms with Crippen LogP contribution in [0.25, 0.3) is 0 Å². The highest BCUT2D eigenvalue weighted by Crippen LogP contribution is 2.12. The van der Waals surface area contributed by atoms with Crippen molar-refractivity contribution in [1.29, 1.82) is 0 Å². The first-order valence-corrected chi connectivity index (χ1v) is 4.00. The van der Waals surface area contributed by atoms with Crippen molar-refractivity contribution < 1.29 is 9.53 Å². The SMILES string of the molecule is CC(=O)OC(Cl)C(Cl)CCl. The highest BCUT2D eigenvalue weighted by molar-refractivity contribution is 6.33. The van der Waals surface area contributed by atoms with E-state index in [1.165, 1.54) is 6.92 Å². The maximum Gasteiger partial charge on any atom is 0.304 e. The fraction of sp³-hybridized carbons (Fsp3) is 0.800. The van der Waals surface area contributed by atoms with Crippen LogP contribution in [0.2, 0.25) is 0 Å². The van der Waals surface area contributed by atoms with Gasteiger partial charge in [0.05, 0.1) is 5.38 Å². The summed E-state index contributed by atoms with van der Waals surface area (Å²) in [4.78, 5) is 10.3. The summed E-state index contributed by atoms with van der Waals surface area (Å²) in [6.45, 7) is 1.26. The number of halogens is 3. The topological polar surface area (TPSA) is 26.3 Å². The van der Waals surface area contributed by atoms with Crippen LogP contribution in [0.5, 0.6) is 0 Å². The van der Waals surface area contributed by atoms with Gasteiger partial charge in [0.2, 0.25) is 0 Å². The molecule has 0 radical (unpaired) electrons. The Bertz CT molecular complexity index is 117. The van der Waals surface area contributed by atoms with Gasteiger partial charge in [0.1, 0.15) is 0 Å². The van der Waals surface area contributed by atoms with Gasteiger partial charge in [0.15, 0.2) is 5.56 Å². The lowest BCUT2D eigenvalue weighted by molar-refractivity contribution is -0.142. The molecule has 2 unspecified atom stereocenters. The molecular formula is C5H7Cl3O2. The van der Waals surface area contributed by atoms with E-state index in [0.717, 1.165) is 0 Å². The van der Waals surface area contributed by atoms with E-state index in [9.17, 15) is 4.79 Å². The molecule has 0 amide bonds. The first-order valence-electron chi connectivity index (χ1n) is 2.59. The Labute approximate surface area is 74.4 Å². The monoisotopic (exact) mass is 204 g/mol. The number of ether oxygens (including phenoxy) is 1. The second-order valence-corrected chi connectivity index (χ2v) is 2.93. The van der Waals surface area contributed by atoms with Crippen LogP contribution >= 0.6 is 34.8 Å². The third-order valence-corrected chi connectivity index (χ3v) is 2.11. The highest BCUT2D eigenvalue weighted by atomic mass is 35.5. The Morgan fingerprint density at radius 3 is 2.40 bits per heavy atom. The highest BCUT2D eigenvalue weighted by Gasteiger charge is 2.17. The van der Waals surface area contributed by atoms with Crippen LogP contribution in [0, 0.1) is 0 Å². The van der Waals surface area contributed by atoms with E-state index in [0.29, 0.717) is 0 Å². The molecule has 0 heterocycles. The van der Waals surface area contributed by atoms with Crippen LogP contribution in [0.3, 0.4) is 0 Å². The molecule has 10 heavy (non-hydrogen) atoms. The van der Waals surface area contributed by atoms with Gasteiger partial charge in [-0.2, -0.15) is 0 Å². The van der Waals surface area contributed by atoms with Crippen molar-refractivity contribution in [3.8, 4) is 0 Å². The molecule has 0 aliphatic carbocycles. The fourth-order valence-corrected chi connectivity index (χ4v) is 0.821. The Hall–Kier alpha value is 0.340. The zero-order valence-corrected chi connectivity index (χ0v) is 7.58. The van der Waals surface area contributed by atoms with Crippen LogP contribution in [-0.2, 0) is 9.53 Å². The predicted octanol–water partition coefficient (Wildman–Crippen LogP) is 1.96. The number of carbonyl (C=O) groups is 1. The molecule has 5 heteroatoms. The van der Waals surface area contributed by atoms with E-state index in [2.05, 4.69) is 4.74 Å². The van der Waals surface area contributed by atoms with E-state index < -0.39 is 16.9 Å². The maximum atomic E-state index is 10.3. The zero-order chi connectivity index (χ0) is 8.15. The van der Waals surface area contributed by atoms with E-state index in [-0.39, 0.29) is 5.88 Å². The number of hydrogen-bond acceptors (Lipinski definition) is 2. The molecule has 0 spiro atoms. The van der Waals surface area contributed by atoms with E-state index in [4.69, 9.17) is 34.8 Å². The number of rotatable bonds is 3. The standard InChI is InChI=1S/C5H7Cl3O2/c1-3(9)10-5(8)4(7)2-6/h4-5H,2H2,1H3. The van der Waals surface area contributed by atoms with Crippen LogP contribution < -0.4 is 0 Å². The molecule has 0 aromatic rings. The molecular weight excluding hydrogens is 198 g/mol. The first-order chi connectivity index (χ1) is 4.57. The van der Waals surface area contributed by atoms with E-state index in [1.807, 2.05) is 0 Å². The smallest absolute Gasteiger partial charge is 0.304 e. The summed E-state index contributed by atoms with van der Waals surface area (Å²) < 4.78 is 4.51. The largest absolute Gasteiger partial charge is 0.445 e. The van der Waals surface area contributed by atoms with Gasteiger partial charge in [-0.15, -0.1) is 23.2 Å². The lowest BCUT2D eigenvalue weighted by atomic mass is 10.5. The summed E-state index contributed by atoms with van der Waals surface area (Å²) in [5.74, 6) is -0.306. The molecule has 0 aliphatic rings. The van der Waals surface area contributed by atoms with Crippen LogP contribution in [0.1, 0.15) is 6.92 Å². The predicted molar refractivity (Wildman–Crippen MR) is 41.8 cm³/mol. The van der Waals surface area contributed by atoms with Crippen LogP contribution in [0.15, 0.2) is 0 Å². The van der Waals surface area contributed by atoms with Crippen molar-refractivity contribution in [2.24, 2.45) is 0 Å². The summed E-state index contributed by atoms with van der Waals surface area (Å²) >= 11 is 16.3. The molecule has 2 atom stereocenters. The molecule has 0 aromatic heterocycles. The Morgan fingerprint density at radius 1 is 1.60 bits per heavy atom. The Balaban J connectivity index is 3.61. The summed E-state index contributed by atoms with van der Waals surface area (Å²) in [7, 11) is 0. The lowest BCUT2D eigenvalue weighted by Gasteiger charge is -2.12. The van der Waals surface area contributed by atoms with Gasteiger partial charge in [-0.3, -0.25) is 4.79 Å². The summed E-state index contributed by atoms with van der Waals surface area (Å²) in [5, 5.41) is -0.535. The molecule has 0 saturated heterocycles. The molecule has 0 saturated carbocycles. The quantitative estimate of drug-likeness (QED) is 0.520. The molecule has 0 fully saturated rings. The van der Waals surface area contributed by atoms with Crippen molar-refractivity contribution >= 4 is 40.8 Å². The second kappa shape index (κ2) is 5.05. The lowest BCUT2D eigenvalue weighted by Crippen LogP contribution is -2.22.